The Morgan fingerprint density at radius 3 is 2.50 bits per heavy atom. The van der Waals surface area contributed by atoms with Gasteiger partial charge in [-0.25, -0.2) is 4.98 Å². The van der Waals surface area contributed by atoms with Gasteiger partial charge in [-0.05, 0) is 29.8 Å². The molecule has 0 amide bonds. The average Bonchev–Trinajstić information content (AvgIpc) is 2.62. The summed E-state index contributed by atoms with van der Waals surface area (Å²) in [4.78, 5) is 10.5. The summed E-state index contributed by atoms with van der Waals surface area (Å²) >= 11 is 0. The highest BCUT2D eigenvalue weighted by Crippen LogP contribution is 2.31. The maximum Gasteiger partial charge on any atom is 0.416 e. The standard InChI is InChI=1S/C19H17F3N4/c1-26(13-14-6-3-2-4-7-14)18-23-11-10-17(25-18)24-16-9-5-8-15(12-16)19(20,21)22/h2-12H,13H2,1H3,(H,23,24,25). The molecular formula is C19H17F3N4. The highest BCUT2D eigenvalue weighted by atomic mass is 19.4. The van der Waals surface area contributed by atoms with Crippen LogP contribution in [0.5, 0.6) is 0 Å². The van der Waals surface area contributed by atoms with Crippen molar-refractivity contribution in [1.82, 2.24) is 9.97 Å². The minimum atomic E-state index is -4.38. The third kappa shape index (κ3) is 4.50. The van der Waals surface area contributed by atoms with Gasteiger partial charge in [-0.3, -0.25) is 0 Å². The molecule has 0 aliphatic rings. The predicted octanol–water partition coefficient (Wildman–Crippen LogP) is 4.88. The lowest BCUT2D eigenvalue weighted by Gasteiger charge is -2.18. The van der Waals surface area contributed by atoms with Crippen LogP contribution in [-0.2, 0) is 12.7 Å². The van der Waals surface area contributed by atoms with Crippen LogP contribution in [0.25, 0.3) is 0 Å². The largest absolute Gasteiger partial charge is 0.416 e. The molecule has 3 rings (SSSR count). The molecule has 0 radical (unpaired) electrons. The van der Waals surface area contributed by atoms with Gasteiger partial charge in [-0.15, -0.1) is 0 Å². The third-order valence-corrected chi connectivity index (χ3v) is 3.71. The lowest BCUT2D eigenvalue weighted by molar-refractivity contribution is -0.137. The summed E-state index contributed by atoms with van der Waals surface area (Å²) in [6, 6.07) is 16.5. The average molecular weight is 358 g/mol. The van der Waals surface area contributed by atoms with Gasteiger partial charge in [0.25, 0.3) is 0 Å². The Hall–Kier alpha value is -3.09. The van der Waals surface area contributed by atoms with Crippen molar-refractivity contribution >= 4 is 17.5 Å². The highest BCUT2D eigenvalue weighted by molar-refractivity contribution is 5.58. The van der Waals surface area contributed by atoms with Crippen molar-refractivity contribution < 1.29 is 13.2 Å². The Morgan fingerprint density at radius 1 is 1.00 bits per heavy atom. The van der Waals surface area contributed by atoms with E-state index in [4.69, 9.17) is 0 Å². The molecule has 1 aromatic heterocycles. The molecule has 0 saturated heterocycles. The van der Waals surface area contributed by atoms with Crippen LogP contribution >= 0.6 is 0 Å². The molecule has 3 aromatic rings. The maximum absolute atomic E-state index is 12.8. The molecular weight excluding hydrogens is 341 g/mol. The fourth-order valence-corrected chi connectivity index (χ4v) is 2.45. The molecule has 0 unspecified atom stereocenters. The Labute approximate surface area is 149 Å². The summed E-state index contributed by atoms with van der Waals surface area (Å²) in [5.74, 6) is 0.903. The van der Waals surface area contributed by atoms with Crippen molar-refractivity contribution in [3.63, 3.8) is 0 Å². The summed E-state index contributed by atoms with van der Waals surface area (Å²) in [5.41, 5.74) is 0.711. The zero-order chi connectivity index (χ0) is 18.6. The lowest BCUT2D eigenvalue weighted by Crippen LogP contribution is -2.19. The van der Waals surface area contributed by atoms with Gasteiger partial charge < -0.3 is 10.2 Å². The third-order valence-electron chi connectivity index (χ3n) is 3.71. The first-order chi connectivity index (χ1) is 12.4. The first-order valence-corrected chi connectivity index (χ1v) is 7.94. The van der Waals surface area contributed by atoms with Crippen LogP contribution in [0.3, 0.4) is 0 Å². The SMILES string of the molecule is CN(Cc1ccccc1)c1nccc(Nc2cccc(C(F)(F)F)c2)n1. The van der Waals surface area contributed by atoms with E-state index in [1.807, 2.05) is 42.3 Å². The number of nitrogens with one attached hydrogen (secondary N) is 1. The van der Waals surface area contributed by atoms with Crippen LogP contribution in [-0.4, -0.2) is 17.0 Å². The topological polar surface area (TPSA) is 41.1 Å². The van der Waals surface area contributed by atoms with Crippen LogP contribution < -0.4 is 10.2 Å². The number of rotatable bonds is 5. The molecule has 0 fully saturated rings. The van der Waals surface area contributed by atoms with Crippen LogP contribution in [0.15, 0.2) is 66.9 Å². The summed E-state index contributed by atoms with van der Waals surface area (Å²) in [6.07, 6.45) is -2.82. The number of benzene rings is 2. The summed E-state index contributed by atoms with van der Waals surface area (Å²) < 4.78 is 38.5. The lowest BCUT2D eigenvalue weighted by atomic mass is 10.2. The first kappa shape index (κ1) is 17.7. The van der Waals surface area contributed by atoms with E-state index in [0.29, 0.717) is 24.0 Å². The normalized spacial score (nSPS) is 11.2. The quantitative estimate of drug-likeness (QED) is 0.706. The Morgan fingerprint density at radius 2 is 1.77 bits per heavy atom. The van der Waals surface area contributed by atoms with Gasteiger partial charge in [-0.1, -0.05) is 36.4 Å². The van der Waals surface area contributed by atoms with E-state index in [2.05, 4.69) is 15.3 Å². The van der Waals surface area contributed by atoms with Crippen LogP contribution in [0.2, 0.25) is 0 Å². The monoisotopic (exact) mass is 358 g/mol. The van der Waals surface area contributed by atoms with Crippen molar-refractivity contribution in [2.45, 2.75) is 12.7 Å². The number of hydrogen-bond acceptors (Lipinski definition) is 4. The minimum absolute atomic E-state index is 0.315. The first-order valence-electron chi connectivity index (χ1n) is 7.94. The van der Waals surface area contributed by atoms with Crippen molar-refractivity contribution in [3.05, 3.63) is 78.0 Å². The van der Waals surface area contributed by atoms with Gasteiger partial charge in [0.05, 0.1) is 5.56 Å². The zero-order valence-electron chi connectivity index (χ0n) is 14.0. The number of alkyl halides is 3. The van der Waals surface area contributed by atoms with Crippen LogP contribution in [0.1, 0.15) is 11.1 Å². The van der Waals surface area contributed by atoms with Crippen molar-refractivity contribution in [2.75, 3.05) is 17.3 Å². The molecule has 0 spiro atoms. The fraction of sp³-hybridized carbons (Fsp3) is 0.158. The molecule has 1 N–H and O–H groups in total. The molecule has 0 aliphatic carbocycles. The fourth-order valence-electron chi connectivity index (χ4n) is 2.45. The second-order valence-corrected chi connectivity index (χ2v) is 5.79. The van der Waals surface area contributed by atoms with Gasteiger partial charge >= 0.3 is 6.18 Å². The van der Waals surface area contributed by atoms with Crippen molar-refractivity contribution in [3.8, 4) is 0 Å². The molecule has 0 atom stereocenters. The summed E-state index contributed by atoms with van der Waals surface area (Å²) in [7, 11) is 1.86. The van der Waals surface area contributed by atoms with E-state index in [1.54, 1.807) is 18.3 Å². The molecule has 2 aromatic carbocycles. The molecule has 7 heteroatoms. The smallest absolute Gasteiger partial charge is 0.340 e. The second kappa shape index (κ2) is 7.43. The van der Waals surface area contributed by atoms with Gasteiger partial charge in [0, 0.05) is 25.5 Å². The number of nitrogens with zero attached hydrogens (tertiary/aromatic N) is 3. The van der Waals surface area contributed by atoms with Crippen LogP contribution in [0.4, 0.5) is 30.6 Å². The van der Waals surface area contributed by atoms with Gasteiger partial charge in [-0.2, -0.15) is 18.2 Å². The molecule has 0 saturated carbocycles. The number of anilines is 3. The summed E-state index contributed by atoms with van der Waals surface area (Å²) in [6.45, 7) is 0.619. The molecule has 1 heterocycles. The van der Waals surface area contributed by atoms with E-state index >= 15 is 0 Å². The van der Waals surface area contributed by atoms with Crippen LogP contribution in [0, 0.1) is 0 Å². The summed E-state index contributed by atoms with van der Waals surface area (Å²) in [5, 5.41) is 2.90. The second-order valence-electron chi connectivity index (χ2n) is 5.79. The number of halogens is 3. The van der Waals surface area contributed by atoms with Crippen molar-refractivity contribution in [2.24, 2.45) is 0 Å². The van der Waals surface area contributed by atoms with Gasteiger partial charge in [0.2, 0.25) is 5.95 Å². The van der Waals surface area contributed by atoms with Crippen molar-refractivity contribution in [1.29, 1.82) is 0 Å². The predicted molar refractivity (Wildman–Crippen MR) is 95.3 cm³/mol. The minimum Gasteiger partial charge on any atom is -0.340 e. The van der Waals surface area contributed by atoms with E-state index in [-0.39, 0.29) is 0 Å². The molecule has 26 heavy (non-hydrogen) atoms. The molecule has 4 nitrogen and oxygen atoms in total. The van der Waals surface area contributed by atoms with E-state index in [0.717, 1.165) is 17.7 Å². The van der Waals surface area contributed by atoms with E-state index < -0.39 is 11.7 Å². The molecule has 134 valence electrons. The molecule has 0 aliphatic heterocycles. The van der Waals surface area contributed by atoms with E-state index in [1.165, 1.54) is 6.07 Å². The number of aromatic nitrogens is 2. The molecule has 0 bridgehead atoms. The van der Waals surface area contributed by atoms with E-state index in [9.17, 15) is 13.2 Å². The highest BCUT2D eigenvalue weighted by Gasteiger charge is 2.30. The Balaban J connectivity index is 1.75. The Kier molecular flexibility index (Phi) is 5.06. The maximum atomic E-state index is 12.8. The zero-order valence-corrected chi connectivity index (χ0v) is 14.0. The Bertz CT molecular complexity index is 866. The van der Waals surface area contributed by atoms with Gasteiger partial charge in [0.15, 0.2) is 0 Å². The van der Waals surface area contributed by atoms with Gasteiger partial charge in [0.1, 0.15) is 5.82 Å². The number of hydrogen-bond donors (Lipinski definition) is 1.